The predicted octanol–water partition coefficient (Wildman–Crippen LogP) is 2.32. The molecule has 2 aromatic heterocycles. The van der Waals surface area contributed by atoms with E-state index in [1.165, 1.54) is 4.52 Å². The van der Waals surface area contributed by atoms with Crippen LogP contribution in [0.5, 0.6) is 0 Å². The van der Waals surface area contributed by atoms with E-state index in [4.69, 9.17) is 0 Å². The summed E-state index contributed by atoms with van der Waals surface area (Å²) in [6, 6.07) is 1.85. The van der Waals surface area contributed by atoms with Gasteiger partial charge in [-0.25, -0.2) is 0 Å². The Morgan fingerprint density at radius 1 is 1.23 bits per heavy atom. The topological polar surface area (TPSA) is 88.7 Å². The van der Waals surface area contributed by atoms with Gasteiger partial charge in [-0.2, -0.15) is 9.61 Å². The lowest BCUT2D eigenvalue weighted by atomic mass is 9.93. The van der Waals surface area contributed by atoms with E-state index in [2.05, 4.69) is 10.4 Å². The van der Waals surface area contributed by atoms with Crippen LogP contribution in [0.3, 0.4) is 0 Å². The molecular formula is C22H33N5O3. The molecule has 0 saturated heterocycles. The largest absolute Gasteiger partial charge is 0.352 e. The van der Waals surface area contributed by atoms with Gasteiger partial charge in [-0.1, -0.05) is 41.5 Å². The fourth-order valence-corrected chi connectivity index (χ4v) is 3.70. The van der Waals surface area contributed by atoms with Crippen LogP contribution in [-0.2, 0) is 23.3 Å². The molecule has 30 heavy (non-hydrogen) atoms. The molecule has 1 aliphatic heterocycles. The molecular weight excluding hydrogens is 382 g/mol. The van der Waals surface area contributed by atoms with Crippen LogP contribution in [0.15, 0.2) is 10.9 Å². The molecule has 0 radical (unpaired) electrons. The number of amides is 2. The summed E-state index contributed by atoms with van der Waals surface area (Å²) in [7, 11) is 0. The zero-order valence-corrected chi connectivity index (χ0v) is 19.1. The van der Waals surface area contributed by atoms with Crippen LogP contribution < -0.4 is 10.9 Å². The molecule has 3 heterocycles. The molecule has 0 fully saturated rings. The molecule has 8 heteroatoms. The maximum Gasteiger partial charge on any atom is 0.280 e. The Balaban J connectivity index is 2.18. The van der Waals surface area contributed by atoms with E-state index in [9.17, 15) is 14.4 Å². The molecule has 3 rings (SSSR count). The van der Waals surface area contributed by atoms with E-state index in [0.29, 0.717) is 23.4 Å². The van der Waals surface area contributed by atoms with Crippen LogP contribution in [0, 0.1) is 5.92 Å². The van der Waals surface area contributed by atoms with Crippen LogP contribution in [0.1, 0.15) is 76.6 Å². The number of nitrogens with one attached hydrogen (secondary N) is 1. The molecule has 0 aliphatic carbocycles. The van der Waals surface area contributed by atoms with E-state index in [1.807, 2.05) is 54.5 Å². The lowest BCUT2D eigenvalue weighted by Gasteiger charge is -2.18. The number of fused-ring (bicyclic) bond motifs is 2. The minimum Gasteiger partial charge on any atom is -0.352 e. The number of nitrogens with zero attached hydrogens (tertiary/aromatic N) is 4. The summed E-state index contributed by atoms with van der Waals surface area (Å²) in [6.45, 7) is 14.8. The highest BCUT2D eigenvalue weighted by Crippen LogP contribution is 2.26. The first kappa shape index (κ1) is 22.1. The molecule has 0 spiro atoms. The van der Waals surface area contributed by atoms with E-state index in [-0.39, 0.29) is 47.8 Å². The number of carbonyl (C=O) groups is 2. The molecule has 2 aromatic rings. The highest BCUT2D eigenvalue weighted by atomic mass is 16.2. The number of aromatic nitrogens is 3. The van der Waals surface area contributed by atoms with Crippen LogP contribution in [0.4, 0.5) is 0 Å². The molecule has 0 aromatic carbocycles. The third-order valence-corrected chi connectivity index (χ3v) is 5.49. The van der Waals surface area contributed by atoms with Crippen molar-refractivity contribution in [1.29, 1.82) is 0 Å². The lowest BCUT2D eigenvalue weighted by Crippen LogP contribution is -2.37. The van der Waals surface area contributed by atoms with Crippen molar-refractivity contribution in [3.8, 4) is 0 Å². The predicted molar refractivity (Wildman–Crippen MR) is 116 cm³/mol. The lowest BCUT2D eigenvalue weighted by molar-refractivity contribution is -0.122. The van der Waals surface area contributed by atoms with Crippen molar-refractivity contribution in [3.05, 3.63) is 33.4 Å². The second-order valence-corrected chi connectivity index (χ2v) is 9.72. The van der Waals surface area contributed by atoms with Gasteiger partial charge in [0, 0.05) is 24.1 Å². The van der Waals surface area contributed by atoms with Crippen molar-refractivity contribution in [2.75, 3.05) is 6.54 Å². The van der Waals surface area contributed by atoms with Crippen LogP contribution in [-0.4, -0.2) is 43.5 Å². The first-order valence-corrected chi connectivity index (χ1v) is 10.7. The van der Waals surface area contributed by atoms with Crippen LogP contribution >= 0.6 is 0 Å². The SMILES string of the molecule is CC[C@@H](C)NC(=O)Cn1c2c(c(=O)n3nc(C(C)(C)C)cc13)CN(CC(C)C)C2=O. The van der Waals surface area contributed by atoms with Crippen molar-refractivity contribution in [3.63, 3.8) is 0 Å². The highest BCUT2D eigenvalue weighted by Gasteiger charge is 2.35. The monoisotopic (exact) mass is 415 g/mol. The van der Waals surface area contributed by atoms with Crippen molar-refractivity contribution in [1.82, 2.24) is 24.4 Å². The van der Waals surface area contributed by atoms with Gasteiger partial charge in [-0.15, -0.1) is 0 Å². The van der Waals surface area contributed by atoms with Gasteiger partial charge in [0.25, 0.3) is 11.5 Å². The van der Waals surface area contributed by atoms with E-state index in [0.717, 1.165) is 12.1 Å². The number of rotatable bonds is 6. The quantitative estimate of drug-likeness (QED) is 0.784. The van der Waals surface area contributed by atoms with Gasteiger partial charge >= 0.3 is 0 Å². The number of hydrogen-bond acceptors (Lipinski definition) is 4. The standard InChI is InChI=1S/C22H33N5O3/c1-8-14(4)23-17(28)12-26-18-9-16(22(5,6)7)24-27(18)20(29)15-11-25(10-13(2)3)21(30)19(15)26/h9,13-14H,8,10-12H2,1-7H3,(H,23,28)/t14-/m1/s1. The fraction of sp³-hybridized carbons (Fsp3) is 0.636. The molecule has 0 saturated carbocycles. The summed E-state index contributed by atoms with van der Waals surface area (Å²) >= 11 is 0. The van der Waals surface area contributed by atoms with Crippen molar-refractivity contribution < 1.29 is 9.59 Å². The van der Waals surface area contributed by atoms with Crippen molar-refractivity contribution in [2.45, 2.75) is 79.4 Å². The van der Waals surface area contributed by atoms with Gasteiger partial charge in [0.05, 0.1) is 17.8 Å². The van der Waals surface area contributed by atoms with Gasteiger partial charge in [-0.05, 0) is 19.3 Å². The molecule has 1 aliphatic rings. The maximum atomic E-state index is 13.2. The maximum absolute atomic E-state index is 13.2. The van der Waals surface area contributed by atoms with E-state index < -0.39 is 0 Å². The summed E-state index contributed by atoms with van der Waals surface area (Å²) in [6.07, 6.45) is 0.811. The average molecular weight is 416 g/mol. The van der Waals surface area contributed by atoms with Crippen molar-refractivity contribution in [2.24, 2.45) is 5.92 Å². The first-order valence-electron chi connectivity index (χ1n) is 10.7. The number of hydrogen-bond donors (Lipinski definition) is 1. The Morgan fingerprint density at radius 2 is 1.90 bits per heavy atom. The van der Waals surface area contributed by atoms with Crippen LogP contribution in [0.25, 0.3) is 5.65 Å². The fourth-order valence-electron chi connectivity index (χ4n) is 3.70. The Labute approximate surface area is 177 Å². The van der Waals surface area contributed by atoms with Gasteiger partial charge in [-0.3, -0.25) is 14.4 Å². The second-order valence-electron chi connectivity index (χ2n) is 9.72. The minimum absolute atomic E-state index is 0.0316. The number of carbonyl (C=O) groups excluding carboxylic acids is 2. The summed E-state index contributed by atoms with van der Waals surface area (Å²) in [5.74, 6) is -0.115. The van der Waals surface area contributed by atoms with E-state index >= 15 is 0 Å². The highest BCUT2D eigenvalue weighted by molar-refractivity contribution is 5.97. The zero-order chi connectivity index (χ0) is 22.4. The zero-order valence-electron chi connectivity index (χ0n) is 19.1. The average Bonchev–Trinajstić information content (AvgIpc) is 3.21. The molecule has 1 N–H and O–H groups in total. The van der Waals surface area contributed by atoms with Gasteiger partial charge < -0.3 is 14.8 Å². The first-order chi connectivity index (χ1) is 13.9. The minimum atomic E-state index is -0.284. The Morgan fingerprint density at radius 3 is 2.47 bits per heavy atom. The third-order valence-electron chi connectivity index (χ3n) is 5.49. The molecule has 1 atom stereocenters. The summed E-state index contributed by atoms with van der Waals surface area (Å²) in [5.41, 5.74) is 1.39. The van der Waals surface area contributed by atoms with E-state index in [1.54, 1.807) is 9.47 Å². The Hall–Kier alpha value is -2.64. The van der Waals surface area contributed by atoms with Gasteiger partial charge in [0.15, 0.2) is 0 Å². The normalized spacial score (nSPS) is 15.2. The molecule has 0 bridgehead atoms. The third kappa shape index (κ3) is 4.00. The molecule has 8 nitrogen and oxygen atoms in total. The summed E-state index contributed by atoms with van der Waals surface area (Å²) in [5, 5.41) is 7.49. The molecule has 0 unspecified atom stereocenters. The van der Waals surface area contributed by atoms with Crippen molar-refractivity contribution >= 4 is 17.5 Å². The summed E-state index contributed by atoms with van der Waals surface area (Å²) in [4.78, 5) is 40.8. The smallest absolute Gasteiger partial charge is 0.280 e. The summed E-state index contributed by atoms with van der Waals surface area (Å²) < 4.78 is 3.02. The van der Waals surface area contributed by atoms with Gasteiger partial charge in [0.1, 0.15) is 17.9 Å². The van der Waals surface area contributed by atoms with Gasteiger partial charge in [0.2, 0.25) is 5.91 Å². The van der Waals surface area contributed by atoms with Crippen LogP contribution in [0.2, 0.25) is 0 Å². The Bertz CT molecular complexity index is 1040. The second kappa shape index (κ2) is 7.89. The molecule has 2 amide bonds. The Kier molecular flexibility index (Phi) is 5.80. The molecule has 164 valence electrons.